The summed E-state index contributed by atoms with van der Waals surface area (Å²) < 4.78 is 1.90. The predicted octanol–water partition coefficient (Wildman–Crippen LogP) is -0.291. The fourth-order valence-corrected chi connectivity index (χ4v) is 2.20. The molecule has 18 heavy (non-hydrogen) atoms. The molecular weight excluding hydrogens is 230 g/mol. The molecule has 4 N–H and O–H groups in total. The zero-order valence-electron chi connectivity index (χ0n) is 10.8. The van der Waals surface area contributed by atoms with E-state index in [1.54, 1.807) is 6.33 Å². The lowest BCUT2D eigenvalue weighted by molar-refractivity contribution is 0.613. The molecule has 0 atom stereocenters. The number of nitrogens with two attached hydrogens (primary N) is 1. The van der Waals surface area contributed by atoms with Crippen LogP contribution >= 0.6 is 0 Å². The number of aromatic nitrogens is 3. The summed E-state index contributed by atoms with van der Waals surface area (Å²) in [5.74, 6) is 7.06. The van der Waals surface area contributed by atoms with Crippen LogP contribution in [0.2, 0.25) is 0 Å². The van der Waals surface area contributed by atoms with E-state index >= 15 is 0 Å². The normalized spacial score (nSPS) is 17.1. The quantitative estimate of drug-likeness (QED) is 0.296. The third-order valence-electron chi connectivity index (χ3n) is 3.24. The Hall–Kier alpha value is -1.63. The van der Waals surface area contributed by atoms with Gasteiger partial charge in [-0.3, -0.25) is 10.4 Å². The Morgan fingerprint density at radius 2 is 2.33 bits per heavy atom. The molecule has 0 amide bonds. The number of guanidine groups is 1. The number of aliphatic imine (C=N–C) groups is 1. The lowest BCUT2D eigenvalue weighted by Gasteiger charge is -2.14. The van der Waals surface area contributed by atoms with Crippen LogP contribution in [0.3, 0.4) is 0 Å². The lowest BCUT2D eigenvalue weighted by atomic mass is 10.2. The fraction of sp³-hybridized carbons (Fsp3) is 0.727. The van der Waals surface area contributed by atoms with E-state index in [1.165, 1.54) is 25.7 Å². The topological polar surface area (TPSA) is 93.2 Å². The third kappa shape index (κ3) is 3.43. The van der Waals surface area contributed by atoms with Gasteiger partial charge in [0.25, 0.3) is 0 Å². The maximum Gasteiger partial charge on any atom is 0.205 e. The van der Waals surface area contributed by atoms with Gasteiger partial charge in [0, 0.05) is 26.1 Å². The molecule has 0 bridgehead atoms. The van der Waals surface area contributed by atoms with Gasteiger partial charge < -0.3 is 9.88 Å². The Morgan fingerprint density at radius 3 is 2.94 bits per heavy atom. The van der Waals surface area contributed by atoms with E-state index in [9.17, 15) is 0 Å². The predicted molar refractivity (Wildman–Crippen MR) is 69.7 cm³/mol. The second-order valence-corrected chi connectivity index (χ2v) is 4.61. The Morgan fingerprint density at radius 1 is 1.56 bits per heavy atom. The molecule has 0 aromatic carbocycles. The first-order valence-electron chi connectivity index (χ1n) is 6.40. The average Bonchev–Trinajstić information content (AvgIpc) is 3.00. The standard InChI is InChI=1S/C11H21N7/c1-18-8-14-17-10(18)6-7-13-11(16-12)15-9-4-2-3-5-9/h8-9H,2-7,12H2,1H3,(H2,13,15,16). The zero-order chi connectivity index (χ0) is 12.8. The van der Waals surface area contributed by atoms with Crippen molar-refractivity contribution in [2.45, 2.75) is 38.1 Å². The molecule has 0 aliphatic heterocycles. The van der Waals surface area contributed by atoms with E-state index in [0.29, 0.717) is 18.5 Å². The van der Waals surface area contributed by atoms with E-state index < -0.39 is 0 Å². The minimum absolute atomic E-state index is 0.509. The van der Waals surface area contributed by atoms with Gasteiger partial charge in [0.1, 0.15) is 12.2 Å². The molecule has 2 rings (SSSR count). The molecule has 7 heteroatoms. The minimum Gasteiger partial charge on any atom is -0.353 e. The summed E-state index contributed by atoms with van der Waals surface area (Å²) in [4.78, 5) is 4.41. The highest BCUT2D eigenvalue weighted by Gasteiger charge is 2.15. The van der Waals surface area contributed by atoms with Crippen molar-refractivity contribution in [3.8, 4) is 0 Å². The highest BCUT2D eigenvalue weighted by molar-refractivity contribution is 5.79. The molecule has 1 saturated carbocycles. The Kier molecular flexibility index (Phi) is 4.52. The first-order chi connectivity index (χ1) is 8.79. The molecule has 1 aromatic rings. The number of nitrogens with one attached hydrogen (secondary N) is 2. The van der Waals surface area contributed by atoms with Gasteiger partial charge in [-0.15, -0.1) is 10.2 Å². The van der Waals surface area contributed by atoms with E-state index in [-0.39, 0.29) is 0 Å². The molecule has 1 heterocycles. The summed E-state index contributed by atoms with van der Waals surface area (Å²) >= 11 is 0. The highest BCUT2D eigenvalue weighted by Crippen LogP contribution is 2.17. The van der Waals surface area contributed by atoms with E-state index in [0.717, 1.165) is 12.2 Å². The second kappa shape index (κ2) is 6.34. The first kappa shape index (κ1) is 12.8. The summed E-state index contributed by atoms with van der Waals surface area (Å²) in [7, 11) is 1.93. The number of hydrazine groups is 1. The van der Waals surface area contributed by atoms with E-state index in [2.05, 4.69) is 25.9 Å². The monoisotopic (exact) mass is 251 g/mol. The molecular formula is C11H21N7. The summed E-state index contributed by atoms with van der Waals surface area (Å²) in [6.45, 7) is 0.645. The van der Waals surface area contributed by atoms with E-state index in [1.807, 2.05) is 11.6 Å². The van der Waals surface area contributed by atoms with Crippen LogP contribution in [-0.2, 0) is 13.5 Å². The highest BCUT2D eigenvalue weighted by atomic mass is 15.3. The summed E-state index contributed by atoms with van der Waals surface area (Å²) in [5.41, 5.74) is 2.62. The van der Waals surface area contributed by atoms with Crippen molar-refractivity contribution in [2.24, 2.45) is 17.9 Å². The maximum atomic E-state index is 5.46. The minimum atomic E-state index is 0.509. The van der Waals surface area contributed by atoms with Crippen LogP contribution in [-0.4, -0.2) is 33.3 Å². The number of aryl methyl sites for hydroxylation is 1. The van der Waals surface area contributed by atoms with Crippen molar-refractivity contribution in [1.29, 1.82) is 0 Å². The molecule has 1 aromatic heterocycles. The Balaban J connectivity index is 1.80. The van der Waals surface area contributed by atoms with Crippen LogP contribution in [0.1, 0.15) is 31.5 Å². The summed E-state index contributed by atoms with van der Waals surface area (Å²) in [5, 5.41) is 11.2. The van der Waals surface area contributed by atoms with Gasteiger partial charge in [-0.25, -0.2) is 5.84 Å². The van der Waals surface area contributed by atoms with Crippen LogP contribution in [0.5, 0.6) is 0 Å². The first-order valence-corrected chi connectivity index (χ1v) is 6.40. The zero-order valence-corrected chi connectivity index (χ0v) is 10.8. The van der Waals surface area contributed by atoms with Gasteiger partial charge >= 0.3 is 0 Å². The number of hydrogen-bond donors (Lipinski definition) is 3. The van der Waals surface area contributed by atoms with Crippen LogP contribution in [0.4, 0.5) is 0 Å². The lowest BCUT2D eigenvalue weighted by Crippen LogP contribution is -2.45. The third-order valence-corrected chi connectivity index (χ3v) is 3.24. The largest absolute Gasteiger partial charge is 0.353 e. The number of nitrogens with zero attached hydrogens (tertiary/aromatic N) is 4. The van der Waals surface area contributed by atoms with Crippen LogP contribution in [0, 0.1) is 0 Å². The summed E-state index contributed by atoms with van der Waals surface area (Å²) in [6, 6.07) is 0.509. The smallest absolute Gasteiger partial charge is 0.205 e. The SMILES string of the molecule is Cn1cnnc1CCN=C(NN)NC1CCCC1. The van der Waals surface area contributed by atoms with Crippen molar-refractivity contribution in [3.05, 3.63) is 12.2 Å². The average molecular weight is 251 g/mol. The Bertz CT molecular complexity index is 392. The molecule has 100 valence electrons. The van der Waals surface area contributed by atoms with Gasteiger partial charge in [-0.2, -0.15) is 0 Å². The van der Waals surface area contributed by atoms with Crippen molar-refractivity contribution in [2.75, 3.05) is 6.54 Å². The molecule has 1 fully saturated rings. The van der Waals surface area contributed by atoms with Crippen LogP contribution < -0.4 is 16.6 Å². The molecule has 0 radical (unpaired) electrons. The van der Waals surface area contributed by atoms with Gasteiger partial charge in [-0.05, 0) is 12.8 Å². The Labute approximate surface area is 107 Å². The van der Waals surface area contributed by atoms with Gasteiger partial charge in [-0.1, -0.05) is 12.8 Å². The molecule has 0 spiro atoms. The molecule has 0 unspecified atom stereocenters. The fourth-order valence-electron chi connectivity index (χ4n) is 2.20. The molecule has 7 nitrogen and oxygen atoms in total. The van der Waals surface area contributed by atoms with Gasteiger partial charge in [0.2, 0.25) is 5.96 Å². The molecule has 1 aliphatic carbocycles. The number of hydrogen-bond acceptors (Lipinski definition) is 4. The van der Waals surface area contributed by atoms with Crippen molar-refractivity contribution >= 4 is 5.96 Å². The maximum absolute atomic E-state index is 5.46. The van der Waals surface area contributed by atoms with Gasteiger partial charge in [0.15, 0.2) is 0 Å². The van der Waals surface area contributed by atoms with E-state index in [4.69, 9.17) is 5.84 Å². The van der Waals surface area contributed by atoms with Crippen molar-refractivity contribution in [3.63, 3.8) is 0 Å². The van der Waals surface area contributed by atoms with Gasteiger partial charge in [0.05, 0.1) is 0 Å². The van der Waals surface area contributed by atoms with Crippen LogP contribution in [0.15, 0.2) is 11.3 Å². The van der Waals surface area contributed by atoms with Crippen molar-refractivity contribution < 1.29 is 0 Å². The number of rotatable bonds is 4. The van der Waals surface area contributed by atoms with Crippen molar-refractivity contribution in [1.82, 2.24) is 25.5 Å². The second-order valence-electron chi connectivity index (χ2n) is 4.61. The molecule has 0 saturated heterocycles. The van der Waals surface area contributed by atoms with Crippen LogP contribution in [0.25, 0.3) is 0 Å². The molecule has 1 aliphatic rings. The summed E-state index contributed by atoms with van der Waals surface area (Å²) in [6.07, 6.45) is 7.42.